The average molecular weight is 402 g/mol. The van der Waals surface area contributed by atoms with Gasteiger partial charge in [-0.2, -0.15) is 0 Å². The van der Waals surface area contributed by atoms with Gasteiger partial charge in [-0.15, -0.1) is 11.3 Å². The summed E-state index contributed by atoms with van der Waals surface area (Å²) >= 11 is 1.65. The number of hydrogen-bond donors (Lipinski definition) is 0. The van der Waals surface area contributed by atoms with E-state index in [1.54, 1.807) is 35.3 Å². The fourth-order valence-electron chi connectivity index (χ4n) is 3.56. The van der Waals surface area contributed by atoms with Gasteiger partial charge in [0.2, 0.25) is 5.91 Å². The molecule has 1 fully saturated rings. The molecule has 1 amide bonds. The van der Waals surface area contributed by atoms with E-state index in [9.17, 15) is 9.59 Å². The Balaban J connectivity index is 1.72. The highest BCUT2D eigenvalue weighted by atomic mass is 32.1. The molecule has 0 N–H and O–H groups in total. The van der Waals surface area contributed by atoms with Crippen LogP contribution in [0.25, 0.3) is 0 Å². The van der Waals surface area contributed by atoms with Gasteiger partial charge in [0.1, 0.15) is 0 Å². The number of aromatic nitrogens is 1. The molecule has 1 aromatic heterocycles. The van der Waals surface area contributed by atoms with Crippen molar-refractivity contribution < 1.29 is 14.3 Å². The SMILES string of the molecule is CCOC(=O)c1ccccc1N(CC)C(=O)C1CCN(c2nc(C)cs2)CC1. The van der Waals surface area contributed by atoms with E-state index in [0.717, 1.165) is 36.8 Å². The third-order valence-electron chi connectivity index (χ3n) is 4.99. The first kappa shape index (κ1) is 20.3. The summed E-state index contributed by atoms with van der Waals surface area (Å²) < 4.78 is 5.16. The van der Waals surface area contributed by atoms with E-state index in [1.165, 1.54) is 0 Å². The number of esters is 1. The Morgan fingerprint density at radius 1 is 1.25 bits per heavy atom. The molecule has 7 heteroatoms. The zero-order chi connectivity index (χ0) is 20.1. The number of piperidine rings is 1. The summed E-state index contributed by atoms with van der Waals surface area (Å²) in [5.41, 5.74) is 2.10. The van der Waals surface area contributed by atoms with Crippen molar-refractivity contribution in [1.82, 2.24) is 4.98 Å². The lowest BCUT2D eigenvalue weighted by Gasteiger charge is -2.34. The molecule has 3 rings (SSSR count). The van der Waals surface area contributed by atoms with E-state index >= 15 is 0 Å². The first-order valence-electron chi connectivity index (χ1n) is 9.79. The van der Waals surface area contributed by atoms with Crippen molar-refractivity contribution in [2.24, 2.45) is 5.92 Å². The number of nitrogens with zero attached hydrogens (tertiary/aromatic N) is 3. The first-order valence-corrected chi connectivity index (χ1v) is 10.7. The molecular formula is C21H27N3O3S. The minimum absolute atomic E-state index is 0.0486. The van der Waals surface area contributed by atoms with Gasteiger partial charge in [0.05, 0.1) is 23.6 Å². The second-order valence-corrected chi connectivity index (χ2v) is 7.69. The van der Waals surface area contributed by atoms with Crippen molar-refractivity contribution in [3.8, 4) is 0 Å². The lowest BCUT2D eigenvalue weighted by atomic mass is 9.95. The summed E-state index contributed by atoms with van der Waals surface area (Å²) in [7, 11) is 0. The molecule has 2 heterocycles. The molecule has 0 aliphatic carbocycles. The van der Waals surface area contributed by atoms with E-state index in [0.29, 0.717) is 24.4 Å². The van der Waals surface area contributed by atoms with E-state index in [2.05, 4.69) is 15.3 Å². The molecule has 1 aliphatic heterocycles. The van der Waals surface area contributed by atoms with E-state index < -0.39 is 5.97 Å². The lowest BCUT2D eigenvalue weighted by Crippen LogP contribution is -2.43. The number of anilines is 2. The molecule has 0 radical (unpaired) electrons. The molecule has 150 valence electrons. The van der Waals surface area contributed by atoms with Crippen LogP contribution >= 0.6 is 11.3 Å². The van der Waals surface area contributed by atoms with Crippen LogP contribution in [0.1, 0.15) is 42.7 Å². The molecule has 0 unspecified atom stereocenters. The average Bonchev–Trinajstić information content (AvgIpc) is 3.15. The second-order valence-electron chi connectivity index (χ2n) is 6.85. The third-order valence-corrected chi connectivity index (χ3v) is 6.01. The lowest BCUT2D eigenvalue weighted by molar-refractivity contribution is -0.122. The summed E-state index contributed by atoms with van der Waals surface area (Å²) in [6.07, 6.45) is 1.57. The molecule has 1 saturated heterocycles. The smallest absolute Gasteiger partial charge is 0.340 e. The minimum atomic E-state index is -0.390. The Labute approximate surface area is 170 Å². The number of benzene rings is 1. The van der Waals surface area contributed by atoms with Gasteiger partial charge in [0.25, 0.3) is 0 Å². The van der Waals surface area contributed by atoms with Crippen LogP contribution in [0.2, 0.25) is 0 Å². The van der Waals surface area contributed by atoms with Crippen LogP contribution in [-0.2, 0) is 9.53 Å². The quantitative estimate of drug-likeness (QED) is 0.687. The van der Waals surface area contributed by atoms with Crippen molar-refractivity contribution in [2.75, 3.05) is 36.0 Å². The Morgan fingerprint density at radius 2 is 1.96 bits per heavy atom. The number of hydrogen-bond acceptors (Lipinski definition) is 6. The summed E-state index contributed by atoms with van der Waals surface area (Å²) in [6.45, 7) is 8.18. The molecule has 28 heavy (non-hydrogen) atoms. The highest BCUT2D eigenvalue weighted by Crippen LogP contribution is 2.29. The van der Waals surface area contributed by atoms with Crippen molar-refractivity contribution in [3.05, 3.63) is 40.9 Å². The predicted octanol–water partition coefficient (Wildman–Crippen LogP) is 3.90. The summed E-state index contributed by atoms with van der Waals surface area (Å²) in [6, 6.07) is 7.18. The highest BCUT2D eigenvalue weighted by molar-refractivity contribution is 7.13. The van der Waals surface area contributed by atoms with Crippen LogP contribution < -0.4 is 9.80 Å². The molecule has 2 aromatic rings. The zero-order valence-corrected chi connectivity index (χ0v) is 17.5. The molecule has 6 nitrogen and oxygen atoms in total. The molecular weight excluding hydrogens is 374 g/mol. The van der Waals surface area contributed by atoms with Crippen LogP contribution in [0.15, 0.2) is 29.6 Å². The number of rotatable bonds is 6. The molecule has 1 aromatic carbocycles. The molecule has 0 saturated carbocycles. The summed E-state index contributed by atoms with van der Waals surface area (Å²) in [5.74, 6) is -0.361. The van der Waals surface area contributed by atoms with Crippen molar-refractivity contribution in [2.45, 2.75) is 33.6 Å². The normalized spacial score (nSPS) is 14.8. The van der Waals surface area contributed by atoms with Crippen molar-refractivity contribution >= 4 is 34.0 Å². The Kier molecular flexibility index (Phi) is 6.67. The van der Waals surface area contributed by atoms with E-state index in [-0.39, 0.29) is 11.8 Å². The van der Waals surface area contributed by atoms with Gasteiger partial charge >= 0.3 is 5.97 Å². The molecule has 1 aliphatic rings. The maximum atomic E-state index is 13.3. The van der Waals surface area contributed by atoms with Crippen LogP contribution in [-0.4, -0.2) is 43.1 Å². The summed E-state index contributed by atoms with van der Waals surface area (Å²) in [4.78, 5) is 34.1. The molecule has 0 atom stereocenters. The summed E-state index contributed by atoms with van der Waals surface area (Å²) in [5, 5.41) is 3.08. The minimum Gasteiger partial charge on any atom is -0.462 e. The van der Waals surface area contributed by atoms with Crippen LogP contribution in [0.5, 0.6) is 0 Å². The predicted molar refractivity (Wildman–Crippen MR) is 112 cm³/mol. The van der Waals surface area contributed by atoms with Crippen LogP contribution in [0, 0.1) is 12.8 Å². The van der Waals surface area contributed by atoms with Crippen molar-refractivity contribution in [3.63, 3.8) is 0 Å². The van der Waals surface area contributed by atoms with Gasteiger partial charge in [0.15, 0.2) is 5.13 Å². The van der Waals surface area contributed by atoms with Crippen molar-refractivity contribution in [1.29, 1.82) is 0 Å². The monoisotopic (exact) mass is 401 g/mol. The largest absolute Gasteiger partial charge is 0.462 e. The second kappa shape index (κ2) is 9.19. The van der Waals surface area contributed by atoms with Gasteiger partial charge in [-0.25, -0.2) is 9.78 Å². The third kappa shape index (κ3) is 4.35. The highest BCUT2D eigenvalue weighted by Gasteiger charge is 2.31. The van der Waals surface area contributed by atoms with Gasteiger partial charge in [-0.3, -0.25) is 4.79 Å². The van der Waals surface area contributed by atoms with E-state index in [1.807, 2.05) is 26.0 Å². The Morgan fingerprint density at radius 3 is 2.57 bits per heavy atom. The topological polar surface area (TPSA) is 62.7 Å². The number of ether oxygens (including phenoxy) is 1. The van der Waals surface area contributed by atoms with Crippen LogP contribution in [0.3, 0.4) is 0 Å². The number of amides is 1. The number of carbonyl (C=O) groups excluding carboxylic acids is 2. The Bertz CT molecular complexity index is 828. The number of para-hydroxylation sites is 1. The number of aryl methyl sites for hydroxylation is 1. The first-order chi connectivity index (χ1) is 13.5. The fourth-order valence-corrected chi connectivity index (χ4v) is 4.42. The Hall–Kier alpha value is -2.41. The number of carbonyl (C=O) groups is 2. The molecule has 0 spiro atoms. The van der Waals surface area contributed by atoms with Crippen LogP contribution in [0.4, 0.5) is 10.8 Å². The zero-order valence-electron chi connectivity index (χ0n) is 16.7. The number of thiazole rings is 1. The van der Waals surface area contributed by atoms with Gasteiger partial charge in [-0.1, -0.05) is 12.1 Å². The maximum Gasteiger partial charge on any atom is 0.340 e. The van der Waals surface area contributed by atoms with Gasteiger partial charge in [-0.05, 0) is 45.7 Å². The maximum absolute atomic E-state index is 13.3. The van der Waals surface area contributed by atoms with E-state index in [4.69, 9.17) is 4.74 Å². The van der Waals surface area contributed by atoms with Gasteiger partial charge in [0, 0.05) is 30.9 Å². The standard InChI is InChI=1S/C21H27N3O3S/c1-4-24(18-9-7-6-8-17(18)20(26)27-5-2)19(25)16-10-12-23(13-11-16)21-22-15(3)14-28-21/h6-9,14,16H,4-5,10-13H2,1-3H3. The van der Waals surface area contributed by atoms with Gasteiger partial charge < -0.3 is 14.5 Å². The molecule has 0 bridgehead atoms. The fraction of sp³-hybridized carbons (Fsp3) is 0.476.